The zero-order valence-corrected chi connectivity index (χ0v) is 21.0. The van der Waals surface area contributed by atoms with Crippen LogP contribution in [0.25, 0.3) is 0 Å². The monoisotopic (exact) mass is 512 g/mol. The van der Waals surface area contributed by atoms with Crippen molar-refractivity contribution in [3.63, 3.8) is 0 Å². The van der Waals surface area contributed by atoms with Crippen LogP contribution < -0.4 is 5.32 Å². The minimum Gasteiger partial charge on any atom is -0.349 e. The van der Waals surface area contributed by atoms with Crippen LogP contribution in [0.2, 0.25) is 0 Å². The van der Waals surface area contributed by atoms with E-state index in [2.05, 4.69) is 11.9 Å². The topological polar surface area (TPSA) is 153 Å². The number of rotatable bonds is 14. The maximum Gasteiger partial charge on any atom is 0.472 e. The first-order valence-corrected chi connectivity index (χ1v) is 13.9. The van der Waals surface area contributed by atoms with Crippen LogP contribution in [-0.4, -0.2) is 58.9 Å². The van der Waals surface area contributed by atoms with Crippen molar-refractivity contribution in [2.45, 2.75) is 71.3 Å². The number of hydrogen-bond acceptors (Lipinski definition) is 9. The first kappa shape index (κ1) is 28.2. The molecule has 0 spiro atoms. The predicted molar refractivity (Wildman–Crippen MR) is 118 cm³/mol. The van der Waals surface area contributed by atoms with Gasteiger partial charge in [0, 0.05) is 18.2 Å². The van der Waals surface area contributed by atoms with Crippen LogP contribution in [0.3, 0.4) is 0 Å². The molecule has 2 aliphatic rings. The standard InChI is InChI=1S/C19H34N2O10P2/c1-5-7-9-27-32(23,24)29-13-17-16(31-33(25,26)28-10-8-6-2)11-18(30-17)21-12-14(3)19(22)20-15(21)4/h12,16-18H,4-11,13H2,1-3H3,(H,20,22)(H,23,24)(H,25,26)/t16?,17-,18-/m1/s1. The smallest absolute Gasteiger partial charge is 0.349 e. The number of nitrogens with one attached hydrogen (secondary N) is 1. The fraction of sp³-hybridized carbons (Fsp3) is 0.737. The lowest BCUT2D eigenvalue weighted by molar-refractivity contribution is -0.118. The molecule has 3 unspecified atom stereocenters. The minimum atomic E-state index is -4.42. The molecule has 190 valence electrons. The normalized spacial score (nSPS) is 27.1. The molecule has 3 N–H and O–H groups in total. The van der Waals surface area contributed by atoms with Gasteiger partial charge in [-0.25, -0.2) is 9.13 Å². The van der Waals surface area contributed by atoms with Gasteiger partial charge < -0.3 is 24.7 Å². The molecule has 1 saturated heterocycles. The van der Waals surface area contributed by atoms with Gasteiger partial charge in [0.05, 0.1) is 19.8 Å². The zero-order valence-electron chi connectivity index (χ0n) is 19.2. The second-order valence-corrected chi connectivity index (χ2v) is 10.6. The maximum absolute atomic E-state index is 12.4. The summed E-state index contributed by atoms with van der Waals surface area (Å²) in [5.41, 5.74) is 0.406. The zero-order chi connectivity index (χ0) is 24.6. The summed E-state index contributed by atoms with van der Waals surface area (Å²) >= 11 is 0. The van der Waals surface area contributed by atoms with E-state index in [9.17, 15) is 23.7 Å². The summed E-state index contributed by atoms with van der Waals surface area (Å²) in [7, 11) is -8.78. The van der Waals surface area contributed by atoms with Crippen molar-refractivity contribution < 1.29 is 46.5 Å². The summed E-state index contributed by atoms with van der Waals surface area (Å²) in [5.74, 6) is -0.0606. The molecule has 0 bridgehead atoms. The summed E-state index contributed by atoms with van der Waals surface area (Å²) in [6.45, 7) is 8.86. The van der Waals surface area contributed by atoms with Gasteiger partial charge in [0.1, 0.15) is 24.3 Å². The Balaban J connectivity index is 2.11. The number of hydrogen-bond donors (Lipinski definition) is 3. The van der Waals surface area contributed by atoms with Gasteiger partial charge in [-0.1, -0.05) is 33.3 Å². The van der Waals surface area contributed by atoms with Crippen LogP contribution in [0.15, 0.2) is 24.2 Å². The number of phosphoric acid groups is 2. The van der Waals surface area contributed by atoms with Crippen molar-refractivity contribution in [1.82, 2.24) is 10.2 Å². The Morgan fingerprint density at radius 2 is 1.76 bits per heavy atom. The minimum absolute atomic E-state index is 0.0382. The number of carbonyl (C=O) groups is 1. The van der Waals surface area contributed by atoms with E-state index in [0.717, 1.165) is 12.8 Å². The van der Waals surface area contributed by atoms with E-state index in [1.165, 1.54) is 6.20 Å². The number of carbonyl (C=O) groups excluding carboxylic acids is 1. The van der Waals surface area contributed by atoms with Crippen molar-refractivity contribution in [1.29, 1.82) is 0 Å². The second-order valence-electron chi connectivity index (χ2n) is 7.74. The summed E-state index contributed by atoms with van der Waals surface area (Å²) in [6.07, 6.45) is 1.54. The van der Waals surface area contributed by atoms with Crippen molar-refractivity contribution in [2.75, 3.05) is 19.8 Å². The highest BCUT2D eigenvalue weighted by atomic mass is 31.2. The van der Waals surface area contributed by atoms with Crippen LogP contribution in [0.5, 0.6) is 0 Å². The molecule has 1 amide bonds. The Bertz CT molecular complexity index is 820. The Hall–Kier alpha value is -1.07. The molecular formula is C19H34N2O10P2. The Morgan fingerprint density at radius 3 is 2.36 bits per heavy atom. The largest absolute Gasteiger partial charge is 0.472 e. The first-order chi connectivity index (χ1) is 15.5. The summed E-state index contributed by atoms with van der Waals surface area (Å²) in [5, 5.41) is 2.59. The molecule has 0 aromatic heterocycles. The Labute approximate surface area is 194 Å². The fourth-order valence-electron chi connectivity index (χ4n) is 3.08. The van der Waals surface area contributed by atoms with E-state index in [0.29, 0.717) is 18.4 Å². The third-order valence-electron chi connectivity index (χ3n) is 4.93. The lowest BCUT2D eigenvalue weighted by atomic mass is 10.1. The van der Waals surface area contributed by atoms with Gasteiger partial charge in [-0.3, -0.25) is 22.9 Å². The number of amides is 1. The SMILES string of the molecule is C=C1NC(=O)C(C)=CN1[C@H]1CC(OP(=O)(O)OCCCC)[C@@H](COP(=O)(O)OCCCC)O1. The van der Waals surface area contributed by atoms with E-state index in [4.69, 9.17) is 22.8 Å². The van der Waals surface area contributed by atoms with Crippen molar-refractivity contribution in [3.05, 3.63) is 24.2 Å². The number of unbranched alkanes of at least 4 members (excludes halogenated alkanes) is 2. The van der Waals surface area contributed by atoms with Crippen LogP contribution in [0, 0.1) is 0 Å². The molecule has 5 atom stereocenters. The van der Waals surface area contributed by atoms with Gasteiger partial charge in [-0.05, 0) is 19.8 Å². The van der Waals surface area contributed by atoms with Crippen molar-refractivity contribution in [2.24, 2.45) is 0 Å². The number of nitrogens with zero attached hydrogens (tertiary/aromatic N) is 1. The quantitative estimate of drug-likeness (QED) is 0.232. The third-order valence-corrected chi connectivity index (χ3v) is 6.96. The van der Waals surface area contributed by atoms with Crippen LogP contribution in [0.1, 0.15) is 52.9 Å². The van der Waals surface area contributed by atoms with Crippen LogP contribution >= 0.6 is 15.6 Å². The van der Waals surface area contributed by atoms with E-state index in [-0.39, 0.29) is 31.4 Å². The van der Waals surface area contributed by atoms with Gasteiger partial charge in [0.25, 0.3) is 5.91 Å². The van der Waals surface area contributed by atoms with Crippen LogP contribution in [0.4, 0.5) is 0 Å². The molecule has 12 nitrogen and oxygen atoms in total. The Kier molecular flexibility index (Phi) is 10.7. The molecule has 33 heavy (non-hydrogen) atoms. The Morgan fingerprint density at radius 1 is 1.15 bits per heavy atom. The molecule has 0 saturated carbocycles. The average molecular weight is 512 g/mol. The van der Waals surface area contributed by atoms with Crippen molar-refractivity contribution >= 4 is 21.6 Å². The number of phosphoric ester groups is 2. The molecule has 0 radical (unpaired) electrons. The van der Waals surface area contributed by atoms with Gasteiger partial charge in [-0.2, -0.15) is 0 Å². The molecule has 2 heterocycles. The first-order valence-electron chi connectivity index (χ1n) is 10.9. The highest BCUT2D eigenvalue weighted by molar-refractivity contribution is 7.47. The molecule has 2 rings (SSSR count). The molecular weight excluding hydrogens is 478 g/mol. The lowest BCUT2D eigenvalue weighted by Gasteiger charge is -2.32. The van der Waals surface area contributed by atoms with E-state index in [1.54, 1.807) is 11.8 Å². The maximum atomic E-state index is 12.4. The molecule has 0 aromatic rings. The summed E-state index contributed by atoms with van der Waals surface area (Å²) < 4.78 is 50.7. The van der Waals surface area contributed by atoms with Crippen molar-refractivity contribution in [3.8, 4) is 0 Å². The summed E-state index contributed by atoms with van der Waals surface area (Å²) in [6, 6.07) is 0. The molecule has 14 heteroatoms. The second kappa shape index (κ2) is 12.6. The molecule has 0 aromatic carbocycles. The highest BCUT2D eigenvalue weighted by Gasteiger charge is 2.44. The fourth-order valence-corrected chi connectivity index (χ4v) is 4.84. The molecule has 0 aliphatic carbocycles. The number of ether oxygens (including phenoxy) is 1. The molecule has 1 fully saturated rings. The van der Waals surface area contributed by atoms with Gasteiger partial charge in [-0.15, -0.1) is 0 Å². The van der Waals surface area contributed by atoms with E-state index < -0.39 is 40.7 Å². The molecule has 2 aliphatic heterocycles. The average Bonchev–Trinajstić information content (AvgIpc) is 3.11. The van der Waals surface area contributed by atoms with E-state index >= 15 is 0 Å². The predicted octanol–water partition coefficient (Wildman–Crippen LogP) is 3.14. The van der Waals surface area contributed by atoms with Crippen LogP contribution in [-0.2, 0) is 36.8 Å². The van der Waals surface area contributed by atoms with Gasteiger partial charge >= 0.3 is 15.6 Å². The third kappa shape index (κ3) is 8.90. The lowest BCUT2D eigenvalue weighted by Crippen LogP contribution is -2.42. The van der Waals surface area contributed by atoms with Gasteiger partial charge in [0.15, 0.2) is 0 Å². The highest BCUT2D eigenvalue weighted by Crippen LogP contribution is 2.49. The van der Waals surface area contributed by atoms with Gasteiger partial charge in [0.2, 0.25) is 0 Å². The van der Waals surface area contributed by atoms with E-state index in [1.807, 2.05) is 13.8 Å². The summed E-state index contributed by atoms with van der Waals surface area (Å²) in [4.78, 5) is 33.4.